The van der Waals surface area contributed by atoms with Crippen molar-refractivity contribution in [3.05, 3.63) is 0 Å². The van der Waals surface area contributed by atoms with E-state index in [2.05, 4.69) is 9.47 Å². The van der Waals surface area contributed by atoms with Gasteiger partial charge in [-0.05, 0) is 25.7 Å². The molecule has 6 nitrogen and oxygen atoms in total. The van der Waals surface area contributed by atoms with Gasteiger partial charge in [0.15, 0.2) is 0 Å². The Bertz CT molecular complexity index is 327. The fourth-order valence-electron chi connectivity index (χ4n) is 1.58. The summed E-state index contributed by atoms with van der Waals surface area (Å²) in [6, 6.07) is 0. The molecule has 0 aromatic rings. The third kappa shape index (κ3) is 11.8. The number of esters is 4. The molecule has 0 saturated heterocycles. The van der Waals surface area contributed by atoms with Crippen molar-refractivity contribution in [1.82, 2.24) is 0 Å². The standard InChI is InChI=1S/C15H24O6/c1-3-8-12(16)20-14(18)10-6-5-7-11-15(19)21-13(17)9-4-2/h3-11H2,1-2H3. The molecule has 0 unspecified atom stereocenters. The summed E-state index contributed by atoms with van der Waals surface area (Å²) in [6.45, 7) is 3.66. The molecule has 120 valence electrons. The predicted molar refractivity (Wildman–Crippen MR) is 75.1 cm³/mol. The number of hydrogen-bond donors (Lipinski definition) is 0. The largest absolute Gasteiger partial charge is 0.393 e. The van der Waals surface area contributed by atoms with Gasteiger partial charge in [0.05, 0.1) is 0 Å². The number of unbranched alkanes of at least 4 members (excludes halogenated alkanes) is 2. The molecule has 0 aromatic carbocycles. The number of hydrogen-bond acceptors (Lipinski definition) is 6. The highest BCUT2D eigenvalue weighted by atomic mass is 16.6. The zero-order valence-corrected chi connectivity index (χ0v) is 12.8. The first kappa shape index (κ1) is 19.3. The Morgan fingerprint density at radius 3 is 1.24 bits per heavy atom. The van der Waals surface area contributed by atoms with Gasteiger partial charge in [0.1, 0.15) is 0 Å². The van der Waals surface area contributed by atoms with E-state index in [0.717, 1.165) is 0 Å². The molecule has 0 amide bonds. The first-order valence-electron chi connectivity index (χ1n) is 7.46. The monoisotopic (exact) mass is 300 g/mol. The van der Waals surface area contributed by atoms with E-state index >= 15 is 0 Å². The molecule has 0 aliphatic heterocycles. The molecule has 0 aliphatic carbocycles. The van der Waals surface area contributed by atoms with Crippen LogP contribution in [0.3, 0.4) is 0 Å². The van der Waals surface area contributed by atoms with Crippen molar-refractivity contribution in [2.45, 2.75) is 71.6 Å². The van der Waals surface area contributed by atoms with E-state index in [4.69, 9.17) is 0 Å². The minimum absolute atomic E-state index is 0.152. The average Bonchev–Trinajstić information content (AvgIpc) is 2.38. The van der Waals surface area contributed by atoms with Gasteiger partial charge in [-0.15, -0.1) is 0 Å². The van der Waals surface area contributed by atoms with E-state index < -0.39 is 23.9 Å². The molecule has 21 heavy (non-hydrogen) atoms. The van der Waals surface area contributed by atoms with Crippen LogP contribution in [-0.4, -0.2) is 23.9 Å². The van der Waals surface area contributed by atoms with E-state index in [1.54, 1.807) is 0 Å². The summed E-state index contributed by atoms with van der Waals surface area (Å²) in [5, 5.41) is 0. The second-order valence-electron chi connectivity index (χ2n) is 4.75. The van der Waals surface area contributed by atoms with Gasteiger partial charge < -0.3 is 9.47 Å². The van der Waals surface area contributed by atoms with Crippen molar-refractivity contribution in [1.29, 1.82) is 0 Å². The molecule has 6 heteroatoms. The number of rotatable bonds is 10. The van der Waals surface area contributed by atoms with Crippen LogP contribution in [0.2, 0.25) is 0 Å². The lowest BCUT2D eigenvalue weighted by atomic mass is 10.1. The van der Waals surface area contributed by atoms with Crippen LogP contribution in [0.25, 0.3) is 0 Å². The fourth-order valence-corrected chi connectivity index (χ4v) is 1.58. The highest BCUT2D eigenvalue weighted by Gasteiger charge is 2.11. The van der Waals surface area contributed by atoms with Crippen LogP contribution in [0.1, 0.15) is 71.6 Å². The molecule has 0 atom stereocenters. The molecule has 0 bridgehead atoms. The van der Waals surface area contributed by atoms with Crippen LogP contribution >= 0.6 is 0 Å². The Morgan fingerprint density at radius 2 is 0.905 bits per heavy atom. The van der Waals surface area contributed by atoms with Crippen LogP contribution in [0.15, 0.2) is 0 Å². The van der Waals surface area contributed by atoms with Crippen LogP contribution in [0.5, 0.6) is 0 Å². The first-order valence-corrected chi connectivity index (χ1v) is 7.46. The molecular formula is C15H24O6. The third-order valence-corrected chi connectivity index (χ3v) is 2.63. The van der Waals surface area contributed by atoms with E-state index in [1.807, 2.05) is 13.8 Å². The number of carbonyl (C=O) groups excluding carboxylic acids is 4. The molecule has 0 fully saturated rings. The number of ether oxygens (including phenoxy) is 2. The van der Waals surface area contributed by atoms with Gasteiger partial charge in [0, 0.05) is 25.7 Å². The summed E-state index contributed by atoms with van der Waals surface area (Å²) >= 11 is 0. The minimum Gasteiger partial charge on any atom is -0.393 e. The average molecular weight is 300 g/mol. The van der Waals surface area contributed by atoms with E-state index in [-0.39, 0.29) is 25.7 Å². The van der Waals surface area contributed by atoms with Crippen molar-refractivity contribution in [2.75, 3.05) is 0 Å². The minimum atomic E-state index is -0.533. The van der Waals surface area contributed by atoms with E-state index in [9.17, 15) is 19.2 Å². The van der Waals surface area contributed by atoms with Crippen LogP contribution in [0.4, 0.5) is 0 Å². The van der Waals surface area contributed by atoms with Gasteiger partial charge in [-0.25, -0.2) is 0 Å². The third-order valence-electron chi connectivity index (χ3n) is 2.63. The lowest BCUT2D eigenvalue weighted by molar-refractivity contribution is -0.161. The van der Waals surface area contributed by atoms with Crippen LogP contribution in [-0.2, 0) is 28.7 Å². The molecule has 0 aliphatic rings. The first-order chi connectivity index (χ1) is 9.99. The van der Waals surface area contributed by atoms with Gasteiger partial charge in [0.25, 0.3) is 0 Å². The van der Waals surface area contributed by atoms with E-state index in [1.165, 1.54) is 0 Å². The smallest absolute Gasteiger partial charge is 0.313 e. The summed E-state index contributed by atoms with van der Waals surface area (Å²) < 4.78 is 9.17. The highest BCUT2D eigenvalue weighted by Crippen LogP contribution is 2.06. The molecule has 0 N–H and O–H groups in total. The Hall–Kier alpha value is -1.72. The Labute approximate surface area is 125 Å². The molecule has 0 radical (unpaired) electrons. The molecule has 0 aromatic heterocycles. The highest BCUT2D eigenvalue weighted by molar-refractivity contribution is 5.85. The Balaban J connectivity index is 3.59. The van der Waals surface area contributed by atoms with Gasteiger partial charge in [-0.2, -0.15) is 0 Å². The molecule has 0 rings (SSSR count). The van der Waals surface area contributed by atoms with E-state index in [0.29, 0.717) is 32.1 Å². The molecule has 0 spiro atoms. The topological polar surface area (TPSA) is 86.7 Å². The van der Waals surface area contributed by atoms with Crippen LogP contribution < -0.4 is 0 Å². The molecule has 0 heterocycles. The Kier molecular flexibility index (Phi) is 11.1. The fraction of sp³-hybridized carbons (Fsp3) is 0.733. The SMILES string of the molecule is CCCC(=O)OC(=O)CCCCCC(=O)OC(=O)CCC. The van der Waals surface area contributed by atoms with Gasteiger partial charge >= 0.3 is 23.9 Å². The summed E-state index contributed by atoms with van der Waals surface area (Å²) in [7, 11) is 0. The second-order valence-corrected chi connectivity index (χ2v) is 4.75. The molecule has 0 saturated carbocycles. The van der Waals surface area contributed by atoms with Gasteiger partial charge in [-0.3, -0.25) is 19.2 Å². The maximum absolute atomic E-state index is 11.3. The summed E-state index contributed by atoms with van der Waals surface area (Å²) in [4.78, 5) is 44.6. The zero-order valence-electron chi connectivity index (χ0n) is 12.8. The van der Waals surface area contributed by atoms with Crippen molar-refractivity contribution >= 4 is 23.9 Å². The Morgan fingerprint density at radius 1 is 0.571 bits per heavy atom. The predicted octanol–water partition coefficient (Wildman–Crippen LogP) is 2.68. The summed E-state index contributed by atoms with van der Waals surface area (Å²) in [5.74, 6) is -2.07. The second kappa shape index (κ2) is 12.1. The quantitative estimate of drug-likeness (QED) is 0.350. The van der Waals surface area contributed by atoms with Crippen molar-refractivity contribution < 1.29 is 28.7 Å². The summed E-state index contributed by atoms with van der Waals surface area (Å²) in [6.07, 6.45) is 3.78. The van der Waals surface area contributed by atoms with Gasteiger partial charge in [0.2, 0.25) is 0 Å². The van der Waals surface area contributed by atoms with Gasteiger partial charge in [-0.1, -0.05) is 20.3 Å². The van der Waals surface area contributed by atoms with Crippen LogP contribution in [0, 0.1) is 0 Å². The normalized spacial score (nSPS) is 10.0. The maximum atomic E-state index is 11.3. The maximum Gasteiger partial charge on any atom is 0.313 e. The van der Waals surface area contributed by atoms with Crippen molar-refractivity contribution in [2.24, 2.45) is 0 Å². The summed E-state index contributed by atoms with van der Waals surface area (Å²) in [5.41, 5.74) is 0. The zero-order chi connectivity index (χ0) is 16.1. The molecular weight excluding hydrogens is 276 g/mol. The van der Waals surface area contributed by atoms with Crippen molar-refractivity contribution in [3.63, 3.8) is 0 Å². The van der Waals surface area contributed by atoms with Crippen molar-refractivity contribution in [3.8, 4) is 0 Å². The lowest BCUT2D eigenvalue weighted by Crippen LogP contribution is -2.12. The number of carbonyl (C=O) groups is 4. The lowest BCUT2D eigenvalue weighted by Gasteiger charge is -2.03.